The zero-order valence-corrected chi connectivity index (χ0v) is 10.1. The van der Waals surface area contributed by atoms with Crippen LogP contribution in [0.25, 0.3) is 0 Å². The molecule has 1 amide bonds. The van der Waals surface area contributed by atoms with Gasteiger partial charge in [0.25, 0.3) is 11.6 Å². The lowest BCUT2D eigenvalue weighted by Gasteiger charge is -2.21. The van der Waals surface area contributed by atoms with Crippen LogP contribution in [-0.2, 0) is 0 Å². The van der Waals surface area contributed by atoms with Crippen molar-refractivity contribution < 1.29 is 19.2 Å². The molecule has 1 aliphatic rings. The molecule has 1 saturated carbocycles. The molecule has 0 bridgehead atoms. The summed E-state index contributed by atoms with van der Waals surface area (Å²) in [6, 6.07) is 2.78. The van der Waals surface area contributed by atoms with Crippen molar-refractivity contribution in [2.75, 3.05) is 13.2 Å². The quantitative estimate of drug-likeness (QED) is 0.645. The van der Waals surface area contributed by atoms with Crippen molar-refractivity contribution in [1.82, 2.24) is 4.90 Å². The highest BCUT2D eigenvalue weighted by Crippen LogP contribution is 2.30. The van der Waals surface area contributed by atoms with E-state index in [-0.39, 0.29) is 24.8 Å². The number of amides is 1. The molecular weight excluding hydrogens is 255 g/mol. The highest BCUT2D eigenvalue weighted by molar-refractivity contribution is 5.98. The van der Waals surface area contributed by atoms with Crippen molar-refractivity contribution in [3.05, 3.63) is 39.7 Å². The molecule has 1 aromatic rings. The monoisotopic (exact) mass is 268 g/mol. The molecule has 0 spiro atoms. The van der Waals surface area contributed by atoms with Crippen molar-refractivity contribution in [2.24, 2.45) is 0 Å². The Morgan fingerprint density at radius 3 is 2.74 bits per heavy atom. The minimum atomic E-state index is -0.712. The van der Waals surface area contributed by atoms with Crippen LogP contribution in [0.1, 0.15) is 23.2 Å². The third kappa shape index (κ3) is 2.87. The Kier molecular flexibility index (Phi) is 3.75. The maximum atomic E-state index is 13.2. The fraction of sp³-hybridized carbons (Fsp3) is 0.417. The predicted octanol–water partition coefficient (Wildman–Crippen LogP) is 1.33. The number of benzene rings is 1. The summed E-state index contributed by atoms with van der Waals surface area (Å²) in [5, 5.41) is 19.8. The van der Waals surface area contributed by atoms with Crippen LogP contribution in [0.3, 0.4) is 0 Å². The van der Waals surface area contributed by atoms with E-state index in [1.54, 1.807) is 0 Å². The van der Waals surface area contributed by atoms with Gasteiger partial charge in [0.2, 0.25) is 0 Å². The average molecular weight is 268 g/mol. The summed E-state index contributed by atoms with van der Waals surface area (Å²) in [5.41, 5.74) is -0.694. The second-order valence-electron chi connectivity index (χ2n) is 4.37. The van der Waals surface area contributed by atoms with Crippen LogP contribution >= 0.6 is 0 Å². The summed E-state index contributed by atoms with van der Waals surface area (Å²) in [6.07, 6.45) is 1.60. The molecule has 2 rings (SSSR count). The fourth-order valence-electron chi connectivity index (χ4n) is 1.94. The molecule has 0 atom stereocenters. The lowest BCUT2D eigenvalue weighted by molar-refractivity contribution is -0.385. The molecule has 7 heteroatoms. The number of aliphatic hydroxyl groups excluding tert-OH is 1. The van der Waals surface area contributed by atoms with Crippen LogP contribution in [0.15, 0.2) is 18.2 Å². The number of carbonyl (C=O) groups is 1. The van der Waals surface area contributed by atoms with Gasteiger partial charge in [0, 0.05) is 18.7 Å². The number of rotatable bonds is 5. The molecule has 0 radical (unpaired) electrons. The van der Waals surface area contributed by atoms with Gasteiger partial charge in [-0.15, -0.1) is 0 Å². The number of nitro groups is 1. The third-order valence-electron chi connectivity index (χ3n) is 2.98. The largest absolute Gasteiger partial charge is 0.395 e. The topological polar surface area (TPSA) is 83.7 Å². The Balaban J connectivity index is 2.35. The molecule has 1 aromatic carbocycles. The lowest BCUT2D eigenvalue weighted by atomic mass is 10.1. The van der Waals surface area contributed by atoms with Gasteiger partial charge < -0.3 is 10.0 Å². The molecule has 6 nitrogen and oxygen atoms in total. The zero-order valence-electron chi connectivity index (χ0n) is 10.1. The van der Waals surface area contributed by atoms with Crippen LogP contribution in [0.2, 0.25) is 0 Å². The van der Waals surface area contributed by atoms with Crippen molar-refractivity contribution in [2.45, 2.75) is 18.9 Å². The summed E-state index contributed by atoms with van der Waals surface area (Å²) in [5.74, 6) is -1.31. The molecule has 1 aliphatic carbocycles. The molecular formula is C12H13FN2O4. The first-order valence-corrected chi connectivity index (χ1v) is 5.90. The Bertz CT molecular complexity index is 516. The molecule has 0 aliphatic heterocycles. The van der Waals surface area contributed by atoms with Gasteiger partial charge in [-0.1, -0.05) is 0 Å². The van der Waals surface area contributed by atoms with Gasteiger partial charge in [0.05, 0.1) is 11.5 Å². The van der Waals surface area contributed by atoms with E-state index >= 15 is 0 Å². The van der Waals surface area contributed by atoms with Gasteiger partial charge >= 0.3 is 0 Å². The average Bonchev–Trinajstić information content (AvgIpc) is 3.19. The summed E-state index contributed by atoms with van der Waals surface area (Å²) in [4.78, 5) is 23.8. The summed E-state index contributed by atoms with van der Waals surface area (Å²) in [6.45, 7) is -0.136. The first-order chi connectivity index (χ1) is 9.04. The van der Waals surface area contributed by atoms with E-state index in [0.717, 1.165) is 31.0 Å². The Hall–Kier alpha value is -2.02. The van der Waals surface area contributed by atoms with E-state index in [1.807, 2.05) is 0 Å². The summed E-state index contributed by atoms with van der Waals surface area (Å²) in [7, 11) is 0. The van der Waals surface area contributed by atoms with E-state index in [2.05, 4.69) is 0 Å². The van der Waals surface area contributed by atoms with Crippen molar-refractivity contribution in [3.63, 3.8) is 0 Å². The molecule has 0 saturated heterocycles. The van der Waals surface area contributed by atoms with E-state index in [1.165, 1.54) is 4.90 Å². The van der Waals surface area contributed by atoms with Crippen LogP contribution in [0, 0.1) is 15.9 Å². The van der Waals surface area contributed by atoms with Crippen LogP contribution in [0.4, 0.5) is 10.1 Å². The first-order valence-electron chi connectivity index (χ1n) is 5.90. The minimum absolute atomic E-state index is 0.0116. The van der Waals surface area contributed by atoms with Gasteiger partial charge in [-0.05, 0) is 25.0 Å². The van der Waals surface area contributed by atoms with Crippen LogP contribution in [0.5, 0.6) is 0 Å². The van der Waals surface area contributed by atoms with Gasteiger partial charge in [-0.3, -0.25) is 14.9 Å². The second-order valence-corrected chi connectivity index (χ2v) is 4.37. The highest BCUT2D eigenvalue weighted by Gasteiger charge is 2.35. The van der Waals surface area contributed by atoms with Crippen molar-refractivity contribution >= 4 is 11.6 Å². The van der Waals surface area contributed by atoms with Crippen LogP contribution in [-0.4, -0.2) is 40.0 Å². The fourth-order valence-corrected chi connectivity index (χ4v) is 1.94. The maximum Gasteiger partial charge on any atom is 0.282 e. The zero-order chi connectivity index (χ0) is 14.0. The molecule has 0 aromatic heterocycles. The van der Waals surface area contributed by atoms with Gasteiger partial charge in [0.15, 0.2) is 0 Å². The molecule has 1 fully saturated rings. The number of carbonyl (C=O) groups excluding carboxylic acids is 1. The van der Waals surface area contributed by atoms with Crippen molar-refractivity contribution in [1.29, 1.82) is 0 Å². The van der Waals surface area contributed by atoms with Crippen molar-refractivity contribution in [3.8, 4) is 0 Å². The van der Waals surface area contributed by atoms with Gasteiger partial charge in [-0.25, -0.2) is 4.39 Å². The van der Waals surface area contributed by atoms with Gasteiger partial charge in [-0.2, -0.15) is 0 Å². The summed E-state index contributed by atoms with van der Waals surface area (Å²) < 4.78 is 13.2. The minimum Gasteiger partial charge on any atom is -0.395 e. The second kappa shape index (κ2) is 5.31. The first kappa shape index (κ1) is 13.4. The molecule has 1 N–H and O–H groups in total. The van der Waals surface area contributed by atoms with Gasteiger partial charge in [0.1, 0.15) is 11.4 Å². The Labute approximate surface area is 108 Å². The number of nitrogens with zero attached hydrogens (tertiary/aromatic N) is 2. The van der Waals surface area contributed by atoms with E-state index in [0.29, 0.717) is 0 Å². The maximum absolute atomic E-state index is 13.2. The molecule has 19 heavy (non-hydrogen) atoms. The number of hydrogen-bond donors (Lipinski definition) is 1. The number of halogens is 1. The van der Waals surface area contributed by atoms with E-state index in [4.69, 9.17) is 5.11 Å². The SMILES string of the molecule is O=C(c1cc(F)ccc1[N+](=O)[O-])N(CCO)C1CC1. The number of hydrogen-bond acceptors (Lipinski definition) is 4. The summed E-state index contributed by atoms with van der Waals surface area (Å²) >= 11 is 0. The predicted molar refractivity (Wildman–Crippen MR) is 64.2 cm³/mol. The molecule has 102 valence electrons. The van der Waals surface area contributed by atoms with Crippen LogP contribution < -0.4 is 0 Å². The third-order valence-corrected chi connectivity index (χ3v) is 2.98. The molecule has 0 unspecified atom stereocenters. The van der Waals surface area contributed by atoms with E-state index in [9.17, 15) is 19.3 Å². The smallest absolute Gasteiger partial charge is 0.282 e. The Morgan fingerprint density at radius 1 is 1.53 bits per heavy atom. The number of nitro benzene ring substituents is 1. The van der Waals surface area contributed by atoms with E-state index < -0.39 is 22.3 Å². The standard InChI is InChI=1S/C12H13FN2O4/c13-8-1-4-11(15(18)19)10(7-8)12(17)14(5-6-16)9-2-3-9/h1,4,7,9,16H,2-3,5-6H2. The highest BCUT2D eigenvalue weighted by atomic mass is 19.1. The number of aliphatic hydroxyl groups is 1. The normalized spacial score (nSPS) is 14.2. The molecule has 0 heterocycles. The lowest BCUT2D eigenvalue weighted by Crippen LogP contribution is -2.35. The Morgan fingerprint density at radius 2 is 2.21 bits per heavy atom.